The van der Waals surface area contributed by atoms with Crippen LogP contribution in [0.15, 0.2) is 205 Å². The van der Waals surface area contributed by atoms with Crippen LogP contribution in [0.1, 0.15) is 0 Å². The molecule has 12 aromatic carbocycles. The van der Waals surface area contributed by atoms with Crippen molar-refractivity contribution in [3.63, 3.8) is 0 Å². The largest absolute Gasteiger partial charge is 0.456 e. The molecule has 13 rings (SSSR count). The fourth-order valence-electron chi connectivity index (χ4n) is 9.87. The summed E-state index contributed by atoms with van der Waals surface area (Å²) in [7, 11) is 0. The Morgan fingerprint density at radius 3 is 1.48 bits per heavy atom. The van der Waals surface area contributed by atoms with Crippen molar-refractivity contribution in [3.8, 4) is 11.1 Å². The second-order valence-corrected chi connectivity index (χ2v) is 15.7. The van der Waals surface area contributed by atoms with Gasteiger partial charge in [-0.25, -0.2) is 0 Å². The summed E-state index contributed by atoms with van der Waals surface area (Å²) >= 11 is 0. The maximum absolute atomic E-state index is 6.28. The molecular weight excluding hydrogens is 703 g/mol. The number of benzene rings is 11. The minimum Gasteiger partial charge on any atom is -0.456 e. The van der Waals surface area contributed by atoms with Crippen molar-refractivity contribution in [1.82, 2.24) is 0 Å². The van der Waals surface area contributed by atoms with E-state index in [1.165, 1.54) is 75.4 Å². The molecule has 0 aliphatic heterocycles. The number of rotatable bonds is 4. The predicted molar refractivity (Wildman–Crippen MR) is 248 cm³/mol. The van der Waals surface area contributed by atoms with Gasteiger partial charge in [0.05, 0.1) is 0 Å². The van der Waals surface area contributed by atoms with Gasteiger partial charge in [-0.1, -0.05) is 146 Å². The lowest BCUT2D eigenvalue weighted by Gasteiger charge is -2.27. The summed E-state index contributed by atoms with van der Waals surface area (Å²) in [6.45, 7) is 0. The van der Waals surface area contributed by atoms with Crippen molar-refractivity contribution in [3.05, 3.63) is 200 Å². The molecule has 268 valence electrons. The highest BCUT2D eigenvalue weighted by molar-refractivity contribution is 6.37. The standard InChI is InChI=1S/C56H33NO/c1-2-9-39-30-43(28-24-34(39)8-1)57(42-26-22-35(23-27-42)40-25-29-46-45-13-3-4-17-51(45)58-52(46)32-40)44-31-41-21-20-38-11-6-15-48-47-14-5-10-36-18-19-37-12-7-16-49(55(37)53(36)47)50(33-44)56(41)54(38)48/h1-33H. The number of nitrogens with zero attached hydrogens (tertiary/aromatic N) is 1. The van der Waals surface area contributed by atoms with Gasteiger partial charge in [0.15, 0.2) is 0 Å². The summed E-state index contributed by atoms with van der Waals surface area (Å²) < 4.78 is 6.28. The van der Waals surface area contributed by atoms with Crippen LogP contribution in [0, 0.1) is 0 Å². The Kier molecular flexibility index (Phi) is 6.47. The van der Waals surface area contributed by atoms with Crippen LogP contribution in [0.25, 0.3) is 108 Å². The first kappa shape index (κ1) is 31.5. The molecular formula is C56H33NO. The summed E-state index contributed by atoms with van der Waals surface area (Å²) in [5, 5.41) is 20.0. The molecule has 0 aliphatic rings. The van der Waals surface area contributed by atoms with Gasteiger partial charge in [0.1, 0.15) is 11.2 Å². The van der Waals surface area contributed by atoms with Crippen molar-refractivity contribution in [1.29, 1.82) is 0 Å². The van der Waals surface area contributed by atoms with Gasteiger partial charge in [-0.15, -0.1) is 0 Å². The molecule has 0 aliphatic carbocycles. The average molecular weight is 736 g/mol. The first-order valence-electron chi connectivity index (χ1n) is 20.0. The van der Waals surface area contributed by atoms with Crippen LogP contribution in [0.2, 0.25) is 0 Å². The number of furan rings is 1. The Morgan fingerprint density at radius 1 is 0.259 bits per heavy atom. The van der Waals surface area contributed by atoms with Crippen LogP contribution in [-0.4, -0.2) is 0 Å². The Bertz CT molecular complexity index is 3790. The van der Waals surface area contributed by atoms with E-state index in [-0.39, 0.29) is 0 Å². The fraction of sp³-hybridized carbons (Fsp3) is 0. The SMILES string of the molecule is c1ccc2cc(N(c3ccc(-c4ccc5c(c4)oc4ccccc45)cc3)c3cc4ccc5cccc6c7cccc8ccc9cccc(c(c3)c4c56)c9c87)ccc2c1. The smallest absolute Gasteiger partial charge is 0.136 e. The van der Waals surface area contributed by atoms with Gasteiger partial charge < -0.3 is 9.32 Å². The van der Waals surface area contributed by atoms with Gasteiger partial charge in [0.2, 0.25) is 0 Å². The number of hydrogen-bond acceptors (Lipinski definition) is 2. The fourth-order valence-corrected chi connectivity index (χ4v) is 9.87. The van der Waals surface area contributed by atoms with E-state index < -0.39 is 0 Å². The molecule has 58 heavy (non-hydrogen) atoms. The first-order valence-corrected chi connectivity index (χ1v) is 20.0. The zero-order valence-corrected chi connectivity index (χ0v) is 31.4. The lowest BCUT2D eigenvalue weighted by Crippen LogP contribution is -2.10. The number of fused-ring (bicyclic) bond motifs is 6. The molecule has 2 heteroatoms. The molecule has 1 heterocycles. The molecule has 0 saturated heterocycles. The molecule has 0 N–H and O–H groups in total. The summed E-state index contributed by atoms with van der Waals surface area (Å²) in [5.74, 6) is 0. The zero-order chi connectivity index (χ0) is 37.9. The number of para-hydroxylation sites is 1. The molecule has 2 nitrogen and oxygen atoms in total. The lowest BCUT2D eigenvalue weighted by molar-refractivity contribution is 0.669. The monoisotopic (exact) mass is 735 g/mol. The van der Waals surface area contributed by atoms with Gasteiger partial charge in [-0.3, -0.25) is 0 Å². The van der Waals surface area contributed by atoms with E-state index in [4.69, 9.17) is 4.42 Å². The summed E-state index contributed by atoms with van der Waals surface area (Å²) in [6.07, 6.45) is 0. The molecule has 1 aromatic heterocycles. The quantitative estimate of drug-likeness (QED) is 0.167. The van der Waals surface area contributed by atoms with Gasteiger partial charge in [-0.05, 0) is 141 Å². The highest BCUT2D eigenvalue weighted by Gasteiger charge is 2.20. The maximum atomic E-state index is 6.28. The molecule has 0 spiro atoms. The normalized spacial score (nSPS) is 12.1. The van der Waals surface area contributed by atoms with E-state index in [0.29, 0.717) is 0 Å². The maximum Gasteiger partial charge on any atom is 0.136 e. The Balaban J connectivity index is 1.08. The van der Waals surface area contributed by atoms with Crippen LogP contribution in [-0.2, 0) is 0 Å². The third-order valence-corrected chi connectivity index (χ3v) is 12.5. The van der Waals surface area contributed by atoms with Gasteiger partial charge in [0, 0.05) is 27.8 Å². The molecule has 0 fully saturated rings. The molecule has 0 radical (unpaired) electrons. The van der Waals surface area contributed by atoms with E-state index in [0.717, 1.165) is 50.1 Å². The van der Waals surface area contributed by atoms with Crippen LogP contribution < -0.4 is 4.90 Å². The van der Waals surface area contributed by atoms with E-state index in [1.54, 1.807) is 0 Å². The number of hydrogen-bond donors (Lipinski definition) is 0. The van der Waals surface area contributed by atoms with Gasteiger partial charge >= 0.3 is 0 Å². The molecule has 0 amide bonds. The van der Waals surface area contributed by atoms with Crippen molar-refractivity contribution < 1.29 is 4.42 Å². The van der Waals surface area contributed by atoms with Crippen molar-refractivity contribution in [2.75, 3.05) is 4.90 Å². The average Bonchev–Trinajstić information content (AvgIpc) is 3.66. The molecule has 0 bridgehead atoms. The van der Waals surface area contributed by atoms with E-state index in [9.17, 15) is 0 Å². The van der Waals surface area contributed by atoms with Crippen LogP contribution in [0.4, 0.5) is 17.1 Å². The highest BCUT2D eigenvalue weighted by atomic mass is 16.3. The van der Waals surface area contributed by atoms with E-state index >= 15 is 0 Å². The number of anilines is 3. The van der Waals surface area contributed by atoms with Crippen LogP contribution >= 0.6 is 0 Å². The van der Waals surface area contributed by atoms with Crippen molar-refractivity contribution in [2.24, 2.45) is 0 Å². The minimum atomic E-state index is 0.904. The topological polar surface area (TPSA) is 16.4 Å². The summed E-state index contributed by atoms with van der Waals surface area (Å²) in [6, 6.07) is 73.7. The minimum absolute atomic E-state index is 0.904. The van der Waals surface area contributed by atoms with Crippen LogP contribution in [0.3, 0.4) is 0 Å². The van der Waals surface area contributed by atoms with Crippen LogP contribution in [0.5, 0.6) is 0 Å². The van der Waals surface area contributed by atoms with Gasteiger partial charge in [0.25, 0.3) is 0 Å². The van der Waals surface area contributed by atoms with E-state index in [2.05, 4.69) is 193 Å². The Labute approximate surface area is 333 Å². The summed E-state index contributed by atoms with van der Waals surface area (Å²) in [5.41, 5.74) is 7.41. The second kappa shape index (κ2) is 11.9. The highest BCUT2D eigenvalue weighted by Crippen LogP contribution is 2.46. The van der Waals surface area contributed by atoms with Gasteiger partial charge in [-0.2, -0.15) is 0 Å². The third kappa shape index (κ3) is 4.54. The predicted octanol–water partition coefficient (Wildman–Crippen LogP) is 16.2. The Hall–Kier alpha value is -7.68. The molecule has 0 atom stereocenters. The zero-order valence-electron chi connectivity index (χ0n) is 31.4. The molecule has 0 saturated carbocycles. The first-order chi connectivity index (χ1) is 28.7. The lowest BCUT2D eigenvalue weighted by atomic mass is 9.87. The molecule has 0 unspecified atom stereocenters. The van der Waals surface area contributed by atoms with Crippen molar-refractivity contribution >= 4 is 114 Å². The molecule has 13 aromatic rings. The van der Waals surface area contributed by atoms with Crippen molar-refractivity contribution in [2.45, 2.75) is 0 Å². The Morgan fingerprint density at radius 2 is 0.759 bits per heavy atom. The second-order valence-electron chi connectivity index (χ2n) is 15.7. The summed E-state index contributed by atoms with van der Waals surface area (Å²) in [4.78, 5) is 2.43. The third-order valence-electron chi connectivity index (χ3n) is 12.5. The van der Waals surface area contributed by atoms with E-state index in [1.807, 2.05) is 12.1 Å².